The molecule has 3 aromatic carbocycles. The zero-order valence-electron chi connectivity index (χ0n) is 18.8. The van der Waals surface area contributed by atoms with Crippen molar-refractivity contribution in [3.63, 3.8) is 0 Å². The molecule has 0 fully saturated rings. The van der Waals surface area contributed by atoms with Crippen LogP contribution in [0.2, 0.25) is 5.02 Å². The van der Waals surface area contributed by atoms with Crippen molar-refractivity contribution in [2.45, 2.75) is 38.6 Å². The Morgan fingerprint density at radius 2 is 1.47 bits per heavy atom. The molecule has 0 aliphatic carbocycles. The highest BCUT2D eigenvalue weighted by Crippen LogP contribution is 2.25. The summed E-state index contributed by atoms with van der Waals surface area (Å²) >= 11 is 5.86. The van der Waals surface area contributed by atoms with Crippen molar-refractivity contribution in [3.8, 4) is 0 Å². The quantitative estimate of drug-likeness (QED) is 0.511. The predicted octanol–water partition coefficient (Wildman–Crippen LogP) is 5.58. The number of carbonyl (C=O) groups is 1. The van der Waals surface area contributed by atoms with Crippen molar-refractivity contribution in [1.82, 2.24) is 5.32 Å². The monoisotopic (exact) mass is 470 g/mol. The second-order valence-electron chi connectivity index (χ2n) is 7.96. The minimum Gasteiger partial charge on any atom is -0.346 e. The molecule has 32 heavy (non-hydrogen) atoms. The van der Waals surface area contributed by atoms with Crippen LogP contribution in [0.4, 0.5) is 5.69 Å². The third-order valence-corrected chi connectivity index (χ3v) is 7.71. The number of carbonyl (C=O) groups excluding carboxylic acids is 1. The lowest BCUT2D eigenvalue weighted by molar-refractivity contribution is 0.0940. The average molecular weight is 471 g/mol. The van der Waals surface area contributed by atoms with Crippen molar-refractivity contribution in [1.29, 1.82) is 0 Å². The number of nitrogens with one attached hydrogen (secondary N) is 1. The van der Waals surface area contributed by atoms with Crippen LogP contribution in [0.25, 0.3) is 0 Å². The van der Waals surface area contributed by atoms with Gasteiger partial charge in [0, 0.05) is 17.6 Å². The fourth-order valence-electron chi connectivity index (χ4n) is 3.53. The molecule has 0 aromatic heterocycles. The number of anilines is 1. The fourth-order valence-corrected chi connectivity index (χ4v) is 4.85. The first-order valence-corrected chi connectivity index (χ1v) is 12.1. The number of aryl methyl sites for hydroxylation is 3. The number of hydrogen-bond donors (Lipinski definition) is 1. The topological polar surface area (TPSA) is 66.5 Å². The van der Waals surface area contributed by atoms with E-state index < -0.39 is 10.0 Å². The predicted molar refractivity (Wildman–Crippen MR) is 130 cm³/mol. The Balaban J connectivity index is 1.75. The van der Waals surface area contributed by atoms with E-state index in [9.17, 15) is 13.2 Å². The normalized spacial score (nSPS) is 12.3. The van der Waals surface area contributed by atoms with Crippen LogP contribution in [0.15, 0.2) is 65.6 Å². The van der Waals surface area contributed by atoms with Gasteiger partial charge in [0.15, 0.2) is 0 Å². The maximum absolute atomic E-state index is 12.9. The van der Waals surface area contributed by atoms with E-state index in [0.29, 0.717) is 16.3 Å². The summed E-state index contributed by atoms with van der Waals surface area (Å²) in [6, 6.07) is 16.6. The zero-order chi connectivity index (χ0) is 23.6. The van der Waals surface area contributed by atoms with Gasteiger partial charge in [-0.2, -0.15) is 0 Å². The number of benzene rings is 3. The average Bonchev–Trinajstić information content (AvgIpc) is 2.76. The van der Waals surface area contributed by atoms with Gasteiger partial charge in [-0.25, -0.2) is 8.42 Å². The Labute approximate surface area is 195 Å². The van der Waals surface area contributed by atoms with E-state index in [2.05, 4.69) is 31.3 Å². The van der Waals surface area contributed by atoms with E-state index in [4.69, 9.17) is 11.6 Å². The molecule has 0 saturated carbocycles. The van der Waals surface area contributed by atoms with Crippen LogP contribution in [-0.2, 0) is 10.0 Å². The molecule has 0 radical (unpaired) electrons. The molecule has 7 heteroatoms. The summed E-state index contributed by atoms with van der Waals surface area (Å²) in [6.45, 7) is 8.12. The number of sulfonamides is 1. The summed E-state index contributed by atoms with van der Waals surface area (Å²) in [5.41, 5.74) is 5.52. The van der Waals surface area contributed by atoms with E-state index in [1.54, 1.807) is 24.3 Å². The third-order valence-electron chi connectivity index (χ3n) is 5.66. The Kier molecular flexibility index (Phi) is 6.96. The van der Waals surface area contributed by atoms with Gasteiger partial charge in [-0.1, -0.05) is 23.7 Å². The van der Waals surface area contributed by atoms with Crippen LogP contribution in [0.5, 0.6) is 0 Å². The minimum atomic E-state index is -3.74. The van der Waals surface area contributed by atoms with E-state index in [1.807, 2.05) is 13.8 Å². The molecule has 1 atom stereocenters. The van der Waals surface area contributed by atoms with Gasteiger partial charge in [0.1, 0.15) is 0 Å². The first-order valence-electron chi connectivity index (χ1n) is 10.2. The number of rotatable bonds is 6. The lowest BCUT2D eigenvalue weighted by atomic mass is 9.96. The van der Waals surface area contributed by atoms with Gasteiger partial charge in [-0.3, -0.25) is 9.10 Å². The highest BCUT2D eigenvalue weighted by Gasteiger charge is 2.22. The van der Waals surface area contributed by atoms with E-state index >= 15 is 0 Å². The van der Waals surface area contributed by atoms with E-state index in [0.717, 1.165) is 11.1 Å². The molecular formula is C25H27ClN2O3S. The Morgan fingerprint density at radius 3 is 2.06 bits per heavy atom. The van der Waals surface area contributed by atoms with Gasteiger partial charge in [-0.15, -0.1) is 0 Å². The van der Waals surface area contributed by atoms with Crippen molar-refractivity contribution >= 4 is 33.2 Å². The molecule has 5 nitrogen and oxygen atoms in total. The summed E-state index contributed by atoms with van der Waals surface area (Å²) in [4.78, 5) is 12.9. The van der Waals surface area contributed by atoms with Gasteiger partial charge in [0.05, 0.1) is 16.6 Å². The van der Waals surface area contributed by atoms with Crippen molar-refractivity contribution < 1.29 is 13.2 Å². The SMILES string of the molecule is Cc1cc(C)c([C@@H](C)NC(=O)c2ccc(N(C)S(=O)(=O)c3ccc(Cl)cc3)cc2)cc1C. The van der Waals surface area contributed by atoms with Crippen LogP contribution < -0.4 is 9.62 Å². The standard InChI is InChI=1S/C25H27ClN2O3S/c1-16-14-18(3)24(15-17(16)2)19(4)27-25(29)20-6-10-22(11-7-20)28(5)32(30,31)23-12-8-21(26)9-13-23/h6-15,19H,1-5H3,(H,27,29)/t19-/m1/s1. The largest absolute Gasteiger partial charge is 0.346 e. The van der Waals surface area contributed by atoms with Crippen LogP contribution in [0.1, 0.15) is 45.6 Å². The summed E-state index contributed by atoms with van der Waals surface area (Å²) in [6.07, 6.45) is 0. The molecule has 0 spiro atoms. The van der Waals surface area contributed by atoms with Crippen molar-refractivity contribution in [3.05, 3.63) is 93.5 Å². The van der Waals surface area contributed by atoms with Crippen LogP contribution in [0.3, 0.4) is 0 Å². The molecule has 0 aliphatic heterocycles. The zero-order valence-corrected chi connectivity index (χ0v) is 20.4. The summed E-state index contributed by atoms with van der Waals surface area (Å²) in [5, 5.41) is 3.49. The van der Waals surface area contributed by atoms with Crippen molar-refractivity contribution in [2.75, 3.05) is 11.4 Å². The minimum absolute atomic E-state index is 0.142. The summed E-state index contributed by atoms with van der Waals surface area (Å²) in [5.74, 6) is -0.218. The van der Waals surface area contributed by atoms with Gasteiger partial charge < -0.3 is 5.32 Å². The van der Waals surface area contributed by atoms with E-state index in [1.165, 1.54) is 46.7 Å². The number of hydrogen-bond acceptors (Lipinski definition) is 3. The molecule has 0 unspecified atom stereocenters. The second kappa shape index (κ2) is 9.35. The molecule has 0 heterocycles. The third kappa shape index (κ3) is 4.97. The maximum atomic E-state index is 12.9. The maximum Gasteiger partial charge on any atom is 0.264 e. The van der Waals surface area contributed by atoms with Crippen LogP contribution >= 0.6 is 11.6 Å². The number of halogens is 1. The second-order valence-corrected chi connectivity index (χ2v) is 10.4. The molecule has 0 aliphatic rings. The fraction of sp³-hybridized carbons (Fsp3) is 0.240. The first kappa shape index (κ1) is 23.8. The molecule has 0 saturated heterocycles. The van der Waals surface area contributed by atoms with Gasteiger partial charge in [0.2, 0.25) is 0 Å². The summed E-state index contributed by atoms with van der Waals surface area (Å²) < 4.78 is 26.9. The molecule has 1 N–H and O–H groups in total. The van der Waals surface area contributed by atoms with Gasteiger partial charge >= 0.3 is 0 Å². The molecule has 0 bridgehead atoms. The Bertz CT molecular complexity index is 1240. The molecule has 1 amide bonds. The number of amides is 1. The van der Waals surface area contributed by atoms with Gasteiger partial charge in [-0.05, 0) is 98.5 Å². The van der Waals surface area contributed by atoms with Crippen LogP contribution in [-0.4, -0.2) is 21.4 Å². The molecule has 3 rings (SSSR count). The van der Waals surface area contributed by atoms with E-state index in [-0.39, 0.29) is 16.8 Å². The highest BCUT2D eigenvalue weighted by atomic mass is 35.5. The van der Waals surface area contributed by atoms with Crippen molar-refractivity contribution in [2.24, 2.45) is 0 Å². The smallest absolute Gasteiger partial charge is 0.264 e. The highest BCUT2D eigenvalue weighted by molar-refractivity contribution is 7.92. The number of nitrogens with zero attached hydrogens (tertiary/aromatic N) is 1. The first-order chi connectivity index (χ1) is 15.0. The Morgan fingerprint density at radius 1 is 0.906 bits per heavy atom. The molecular weight excluding hydrogens is 444 g/mol. The van der Waals surface area contributed by atoms with Gasteiger partial charge in [0.25, 0.3) is 15.9 Å². The van der Waals surface area contributed by atoms with Crippen LogP contribution in [0, 0.1) is 20.8 Å². The molecule has 3 aromatic rings. The Hall–Kier alpha value is -2.83. The molecule has 168 valence electrons. The lowest BCUT2D eigenvalue weighted by Crippen LogP contribution is -2.28. The summed E-state index contributed by atoms with van der Waals surface area (Å²) in [7, 11) is -2.26. The lowest BCUT2D eigenvalue weighted by Gasteiger charge is -2.20.